The first kappa shape index (κ1) is 14.0. The zero-order chi connectivity index (χ0) is 14.5. The lowest BCUT2D eigenvalue weighted by atomic mass is 10.2. The Morgan fingerprint density at radius 3 is 2.75 bits per heavy atom. The van der Waals surface area contributed by atoms with Crippen LogP contribution in [-0.4, -0.2) is 10.9 Å². The standard InChI is InChI=1S/C15H13N3OS/c1-10-5-3-4-6-14(10)18-15(19)12(8-16)7-13-9-20-11(2)17-13/h3-7,9H,1-2H3,(H,18,19)/b12-7+. The summed E-state index contributed by atoms with van der Waals surface area (Å²) in [6.45, 7) is 3.77. The number of nitriles is 1. The van der Waals surface area contributed by atoms with Crippen molar-refractivity contribution in [3.63, 3.8) is 0 Å². The van der Waals surface area contributed by atoms with Crippen molar-refractivity contribution in [3.05, 3.63) is 51.5 Å². The molecule has 0 aliphatic rings. The van der Waals surface area contributed by atoms with Crippen molar-refractivity contribution in [1.29, 1.82) is 5.26 Å². The van der Waals surface area contributed by atoms with Gasteiger partial charge >= 0.3 is 0 Å². The van der Waals surface area contributed by atoms with Crippen LogP contribution in [0.15, 0.2) is 35.2 Å². The van der Waals surface area contributed by atoms with E-state index in [4.69, 9.17) is 5.26 Å². The molecule has 100 valence electrons. The zero-order valence-electron chi connectivity index (χ0n) is 11.2. The molecule has 0 saturated carbocycles. The van der Waals surface area contributed by atoms with Gasteiger partial charge in [-0.1, -0.05) is 18.2 Å². The first-order valence-electron chi connectivity index (χ1n) is 6.01. The molecule has 4 nitrogen and oxygen atoms in total. The van der Waals surface area contributed by atoms with Gasteiger partial charge in [0.25, 0.3) is 5.91 Å². The molecule has 0 aliphatic carbocycles. The summed E-state index contributed by atoms with van der Waals surface area (Å²) in [5, 5.41) is 14.6. The molecule has 2 aromatic rings. The van der Waals surface area contributed by atoms with Gasteiger partial charge < -0.3 is 5.32 Å². The Hall–Kier alpha value is -2.45. The van der Waals surface area contributed by atoms with E-state index >= 15 is 0 Å². The van der Waals surface area contributed by atoms with Crippen molar-refractivity contribution in [1.82, 2.24) is 4.98 Å². The summed E-state index contributed by atoms with van der Waals surface area (Å²) >= 11 is 1.48. The van der Waals surface area contributed by atoms with E-state index in [0.717, 1.165) is 10.6 Å². The van der Waals surface area contributed by atoms with Crippen LogP contribution in [0.2, 0.25) is 0 Å². The van der Waals surface area contributed by atoms with Crippen LogP contribution in [0.1, 0.15) is 16.3 Å². The van der Waals surface area contributed by atoms with Crippen LogP contribution in [0.25, 0.3) is 6.08 Å². The number of hydrogen-bond acceptors (Lipinski definition) is 4. The van der Waals surface area contributed by atoms with Gasteiger partial charge in [-0.15, -0.1) is 11.3 Å². The lowest BCUT2D eigenvalue weighted by molar-refractivity contribution is -0.112. The fraction of sp³-hybridized carbons (Fsp3) is 0.133. The predicted molar refractivity (Wildman–Crippen MR) is 80.2 cm³/mol. The highest BCUT2D eigenvalue weighted by Crippen LogP contribution is 2.16. The minimum Gasteiger partial charge on any atom is -0.321 e. The molecule has 1 N–H and O–H groups in total. The molecule has 1 aromatic carbocycles. The van der Waals surface area contributed by atoms with Gasteiger partial charge in [-0.05, 0) is 31.6 Å². The molecule has 0 spiro atoms. The number of carbonyl (C=O) groups is 1. The fourth-order valence-electron chi connectivity index (χ4n) is 1.65. The van der Waals surface area contributed by atoms with E-state index in [9.17, 15) is 4.79 Å². The molecule has 0 radical (unpaired) electrons. The minimum atomic E-state index is -0.424. The first-order valence-corrected chi connectivity index (χ1v) is 6.89. The summed E-state index contributed by atoms with van der Waals surface area (Å²) in [7, 11) is 0. The molecule has 20 heavy (non-hydrogen) atoms. The number of benzene rings is 1. The second kappa shape index (κ2) is 6.13. The number of thiazole rings is 1. The number of hydrogen-bond donors (Lipinski definition) is 1. The molecular weight excluding hydrogens is 270 g/mol. The predicted octanol–water partition coefficient (Wildman–Crippen LogP) is 3.31. The van der Waals surface area contributed by atoms with E-state index in [1.807, 2.05) is 43.5 Å². The number of anilines is 1. The van der Waals surface area contributed by atoms with Crippen molar-refractivity contribution in [2.75, 3.05) is 5.32 Å². The number of amides is 1. The Kier molecular flexibility index (Phi) is 4.28. The Balaban J connectivity index is 2.21. The van der Waals surface area contributed by atoms with Crippen LogP contribution >= 0.6 is 11.3 Å². The van der Waals surface area contributed by atoms with Gasteiger partial charge in [0.1, 0.15) is 11.6 Å². The molecule has 0 atom stereocenters. The maximum absolute atomic E-state index is 12.1. The van der Waals surface area contributed by atoms with Crippen molar-refractivity contribution in [2.45, 2.75) is 13.8 Å². The Morgan fingerprint density at radius 1 is 1.40 bits per heavy atom. The van der Waals surface area contributed by atoms with Crippen molar-refractivity contribution in [3.8, 4) is 6.07 Å². The Morgan fingerprint density at radius 2 is 2.15 bits per heavy atom. The summed E-state index contributed by atoms with van der Waals surface area (Å²) in [5.41, 5.74) is 2.32. The van der Waals surface area contributed by atoms with Gasteiger partial charge in [0.2, 0.25) is 0 Å². The average Bonchev–Trinajstić information content (AvgIpc) is 2.84. The van der Waals surface area contributed by atoms with Crippen LogP contribution in [0.3, 0.4) is 0 Å². The largest absolute Gasteiger partial charge is 0.321 e. The smallest absolute Gasteiger partial charge is 0.266 e. The van der Waals surface area contributed by atoms with E-state index in [0.29, 0.717) is 11.4 Å². The van der Waals surface area contributed by atoms with E-state index in [2.05, 4.69) is 10.3 Å². The number of carbonyl (C=O) groups excluding carboxylic acids is 1. The number of nitrogens with zero attached hydrogens (tertiary/aromatic N) is 2. The van der Waals surface area contributed by atoms with Crippen LogP contribution in [0.4, 0.5) is 5.69 Å². The molecular formula is C15H13N3OS. The Labute approximate surface area is 121 Å². The number of aromatic nitrogens is 1. The summed E-state index contributed by atoms with van der Waals surface area (Å²) < 4.78 is 0. The second-order valence-electron chi connectivity index (χ2n) is 4.23. The van der Waals surface area contributed by atoms with Crippen molar-refractivity contribution in [2.24, 2.45) is 0 Å². The molecule has 0 bridgehead atoms. The van der Waals surface area contributed by atoms with Gasteiger partial charge in [-0.3, -0.25) is 4.79 Å². The van der Waals surface area contributed by atoms with Gasteiger partial charge in [-0.25, -0.2) is 4.98 Å². The van der Waals surface area contributed by atoms with Gasteiger partial charge in [-0.2, -0.15) is 5.26 Å². The molecule has 1 heterocycles. The van der Waals surface area contributed by atoms with Gasteiger partial charge in [0, 0.05) is 11.1 Å². The Bertz CT molecular complexity index is 710. The molecule has 2 rings (SSSR count). The third kappa shape index (κ3) is 3.31. The molecule has 0 fully saturated rings. The maximum atomic E-state index is 12.1. The number of para-hydroxylation sites is 1. The van der Waals surface area contributed by atoms with Gasteiger partial charge in [0.05, 0.1) is 10.7 Å². The lowest BCUT2D eigenvalue weighted by Gasteiger charge is -2.06. The second-order valence-corrected chi connectivity index (χ2v) is 5.29. The molecule has 0 unspecified atom stereocenters. The van der Waals surface area contributed by atoms with Crippen LogP contribution in [-0.2, 0) is 4.79 Å². The molecule has 0 aliphatic heterocycles. The highest BCUT2D eigenvalue weighted by Gasteiger charge is 2.11. The first-order chi connectivity index (χ1) is 9.60. The van der Waals surface area contributed by atoms with Gasteiger partial charge in [0.15, 0.2) is 0 Å². The maximum Gasteiger partial charge on any atom is 0.266 e. The van der Waals surface area contributed by atoms with Crippen LogP contribution in [0.5, 0.6) is 0 Å². The monoisotopic (exact) mass is 283 g/mol. The van der Waals surface area contributed by atoms with E-state index < -0.39 is 5.91 Å². The summed E-state index contributed by atoms with van der Waals surface area (Å²) in [6.07, 6.45) is 1.50. The number of rotatable bonds is 3. The average molecular weight is 283 g/mol. The minimum absolute atomic E-state index is 0.0403. The van der Waals surface area contributed by atoms with E-state index in [1.54, 1.807) is 6.07 Å². The third-order valence-electron chi connectivity index (χ3n) is 2.69. The molecule has 1 amide bonds. The SMILES string of the molecule is Cc1nc(/C=C(\C#N)C(=O)Nc2ccccc2C)cs1. The zero-order valence-corrected chi connectivity index (χ0v) is 12.0. The normalized spacial score (nSPS) is 10.9. The highest BCUT2D eigenvalue weighted by molar-refractivity contribution is 7.09. The quantitative estimate of drug-likeness (QED) is 0.694. The van der Waals surface area contributed by atoms with Crippen molar-refractivity contribution < 1.29 is 4.79 Å². The number of nitrogens with one attached hydrogen (secondary N) is 1. The highest BCUT2D eigenvalue weighted by atomic mass is 32.1. The van der Waals surface area contributed by atoms with E-state index in [1.165, 1.54) is 17.4 Å². The van der Waals surface area contributed by atoms with E-state index in [-0.39, 0.29) is 5.57 Å². The topological polar surface area (TPSA) is 65.8 Å². The molecule has 5 heteroatoms. The summed E-state index contributed by atoms with van der Waals surface area (Å²) in [5.74, 6) is -0.424. The fourth-order valence-corrected chi connectivity index (χ4v) is 2.22. The lowest BCUT2D eigenvalue weighted by Crippen LogP contribution is -2.14. The van der Waals surface area contributed by atoms with Crippen LogP contribution in [0, 0.1) is 25.2 Å². The molecule has 0 saturated heterocycles. The van der Waals surface area contributed by atoms with Crippen molar-refractivity contribution >= 4 is 29.0 Å². The van der Waals surface area contributed by atoms with Crippen LogP contribution < -0.4 is 5.32 Å². The molecule has 1 aromatic heterocycles. The summed E-state index contributed by atoms with van der Waals surface area (Å²) in [6, 6.07) is 9.34. The third-order valence-corrected chi connectivity index (χ3v) is 3.48. The number of aryl methyl sites for hydroxylation is 2. The summed E-state index contributed by atoms with van der Waals surface area (Å²) in [4.78, 5) is 16.3.